The van der Waals surface area contributed by atoms with Crippen LogP contribution in [0.5, 0.6) is 0 Å². The third kappa shape index (κ3) is 1.43. The zero-order valence-corrected chi connectivity index (χ0v) is 8.42. The van der Waals surface area contributed by atoms with Gasteiger partial charge in [-0.05, 0) is 12.1 Å². The first-order valence-electron chi connectivity index (χ1n) is 4.16. The number of hydrogen-bond acceptors (Lipinski definition) is 3. The van der Waals surface area contributed by atoms with Crippen molar-refractivity contribution < 1.29 is 18.8 Å². The van der Waals surface area contributed by atoms with Crippen molar-refractivity contribution in [3.8, 4) is 0 Å². The van der Waals surface area contributed by atoms with Crippen LogP contribution in [0, 0.1) is 5.82 Å². The molecule has 0 unspecified atom stereocenters. The van der Waals surface area contributed by atoms with E-state index in [-0.39, 0.29) is 10.7 Å². The Bertz CT molecular complexity index is 517. The van der Waals surface area contributed by atoms with Gasteiger partial charge in [0.15, 0.2) is 5.82 Å². The van der Waals surface area contributed by atoms with E-state index in [1.807, 2.05) is 0 Å². The van der Waals surface area contributed by atoms with Gasteiger partial charge in [0.1, 0.15) is 0 Å². The highest BCUT2D eigenvalue weighted by atomic mass is 35.5. The van der Waals surface area contributed by atoms with Crippen molar-refractivity contribution in [1.29, 1.82) is 0 Å². The lowest BCUT2D eigenvalue weighted by Gasteiger charge is -2.12. The number of anilines is 1. The fraction of sp³-hybridized carbons (Fsp3) is 0. The Morgan fingerprint density at radius 1 is 1.25 bits per heavy atom. The third-order valence-electron chi connectivity index (χ3n) is 1.99. The molecule has 1 N–H and O–H groups in total. The number of halogens is 2. The molecule has 0 saturated carbocycles. The van der Waals surface area contributed by atoms with Gasteiger partial charge in [-0.1, -0.05) is 17.7 Å². The van der Waals surface area contributed by atoms with E-state index in [2.05, 4.69) is 0 Å². The summed E-state index contributed by atoms with van der Waals surface area (Å²) in [6.07, 6.45) is 0. The van der Waals surface area contributed by atoms with Gasteiger partial charge < -0.3 is 0 Å². The van der Waals surface area contributed by atoms with E-state index in [1.54, 1.807) is 5.32 Å². The van der Waals surface area contributed by atoms with E-state index in [9.17, 15) is 18.8 Å². The molecule has 4 amide bonds. The summed E-state index contributed by atoms with van der Waals surface area (Å²) in [5.41, 5.74) is -0.346. The molecule has 1 heterocycles. The fourth-order valence-electron chi connectivity index (χ4n) is 1.28. The molecule has 0 spiro atoms. The number of benzene rings is 1. The Morgan fingerprint density at radius 2 is 1.94 bits per heavy atom. The summed E-state index contributed by atoms with van der Waals surface area (Å²) in [6.45, 7) is 0. The first-order valence-corrected chi connectivity index (χ1v) is 4.53. The molecule has 0 aromatic heterocycles. The molecule has 1 aliphatic heterocycles. The minimum absolute atomic E-state index is 0.238. The summed E-state index contributed by atoms with van der Waals surface area (Å²) in [6, 6.07) is 2.82. The average molecular weight is 243 g/mol. The number of nitrogens with zero attached hydrogens (tertiary/aromatic N) is 1. The molecule has 0 atom stereocenters. The van der Waals surface area contributed by atoms with Crippen molar-refractivity contribution in [2.75, 3.05) is 4.90 Å². The highest BCUT2D eigenvalue weighted by Gasteiger charge is 2.39. The van der Waals surface area contributed by atoms with E-state index in [4.69, 9.17) is 11.6 Å². The molecule has 1 saturated heterocycles. The number of nitrogens with one attached hydrogen (secondary N) is 1. The van der Waals surface area contributed by atoms with Crippen molar-refractivity contribution in [1.82, 2.24) is 5.32 Å². The predicted molar refractivity (Wildman–Crippen MR) is 52.4 cm³/mol. The number of amides is 4. The number of carbonyl (C=O) groups is 3. The zero-order chi connectivity index (χ0) is 11.9. The highest BCUT2D eigenvalue weighted by Crippen LogP contribution is 2.26. The maximum atomic E-state index is 13.5. The van der Waals surface area contributed by atoms with E-state index in [1.165, 1.54) is 18.2 Å². The second kappa shape index (κ2) is 3.57. The Morgan fingerprint density at radius 3 is 2.50 bits per heavy atom. The van der Waals surface area contributed by atoms with Crippen LogP contribution < -0.4 is 10.2 Å². The highest BCUT2D eigenvalue weighted by molar-refractivity contribution is 6.53. The van der Waals surface area contributed by atoms with Crippen molar-refractivity contribution in [2.45, 2.75) is 0 Å². The average Bonchev–Trinajstić information content (AvgIpc) is 2.47. The molecule has 7 heteroatoms. The standard InChI is InChI=1S/C9H4ClFN2O3/c10-4-2-1-3-5(6(4)11)13-8(15)7(14)12-9(13)16/h1-3H,(H,12,14,16). The third-order valence-corrected chi connectivity index (χ3v) is 2.28. The lowest BCUT2D eigenvalue weighted by Crippen LogP contribution is -2.31. The smallest absolute Gasteiger partial charge is 0.269 e. The molecule has 5 nitrogen and oxygen atoms in total. The van der Waals surface area contributed by atoms with Crippen LogP contribution in [0.1, 0.15) is 0 Å². The summed E-state index contributed by atoms with van der Waals surface area (Å²) in [5, 5.41) is 1.51. The number of rotatable bonds is 1. The summed E-state index contributed by atoms with van der Waals surface area (Å²) in [7, 11) is 0. The topological polar surface area (TPSA) is 66.5 Å². The largest absolute Gasteiger partial charge is 0.336 e. The fourth-order valence-corrected chi connectivity index (χ4v) is 1.45. The van der Waals surface area contributed by atoms with Crippen LogP contribution in [0.15, 0.2) is 18.2 Å². The van der Waals surface area contributed by atoms with E-state index in [0.717, 1.165) is 0 Å². The van der Waals surface area contributed by atoms with Gasteiger partial charge in [-0.25, -0.2) is 14.1 Å². The Balaban J connectivity index is 2.53. The summed E-state index contributed by atoms with van der Waals surface area (Å²) in [5.74, 6) is -3.15. The van der Waals surface area contributed by atoms with E-state index < -0.39 is 23.7 Å². The van der Waals surface area contributed by atoms with Crippen molar-refractivity contribution in [3.05, 3.63) is 29.0 Å². The Kier molecular flexibility index (Phi) is 2.35. The minimum Gasteiger partial charge on any atom is -0.269 e. The van der Waals surface area contributed by atoms with Crippen LogP contribution in [-0.4, -0.2) is 17.8 Å². The first-order chi connectivity index (χ1) is 7.52. The first kappa shape index (κ1) is 10.6. The number of carbonyl (C=O) groups excluding carboxylic acids is 3. The SMILES string of the molecule is O=C1NC(=O)N(c2cccc(Cl)c2F)C1=O. The van der Waals surface area contributed by atoms with Crippen molar-refractivity contribution >= 4 is 35.1 Å². The summed E-state index contributed by atoms with van der Waals surface area (Å²) < 4.78 is 13.5. The summed E-state index contributed by atoms with van der Waals surface area (Å²) >= 11 is 5.49. The van der Waals surface area contributed by atoms with Crippen LogP contribution in [0.3, 0.4) is 0 Å². The van der Waals surface area contributed by atoms with Crippen LogP contribution in [0.2, 0.25) is 5.02 Å². The number of hydrogen-bond donors (Lipinski definition) is 1. The Labute approximate surface area is 93.8 Å². The summed E-state index contributed by atoms with van der Waals surface area (Å²) in [4.78, 5) is 33.8. The molecule has 0 radical (unpaired) electrons. The van der Waals surface area contributed by atoms with Crippen LogP contribution >= 0.6 is 11.6 Å². The van der Waals surface area contributed by atoms with Gasteiger partial charge in [0.05, 0.1) is 10.7 Å². The van der Waals surface area contributed by atoms with E-state index >= 15 is 0 Å². The molecule has 1 aliphatic rings. The van der Waals surface area contributed by atoms with Gasteiger partial charge in [-0.2, -0.15) is 0 Å². The second-order valence-electron chi connectivity index (χ2n) is 2.97. The molecule has 1 fully saturated rings. The predicted octanol–water partition coefficient (Wildman–Crippen LogP) is 1.06. The molecule has 0 bridgehead atoms. The van der Waals surface area contributed by atoms with Gasteiger partial charge in [-0.3, -0.25) is 14.9 Å². The maximum Gasteiger partial charge on any atom is 0.336 e. The molecular formula is C9H4ClFN2O3. The molecule has 2 rings (SSSR count). The van der Waals surface area contributed by atoms with Gasteiger partial charge in [0, 0.05) is 0 Å². The van der Waals surface area contributed by atoms with Gasteiger partial charge in [0.25, 0.3) is 0 Å². The lowest BCUT2D eigenvalue weighted by atomic mass is 10.3. The van der Waals surface area contributed by atoms with Crippen molar-refractivity contribution in [2.24, 2.45) is 0 Å². The molecule has 82 valence electrons. The maximum absolute atomic E-state index is 13.5. The number of urea groups is 1. The lowest BCUT2D eigenvalue weighted by molar-refractivity contribution is -0.134. The Hall–Kier alpha value is -1.95. The molecule has 1 aromatic carbocycles. The van der Waals surface area contributed by atoms with E-state index in [0.29, 0.717) is 4.90 Å². The monoisotopic (exact) mass is 242 g/mol. The minimum atomic E-state index is -1.13. The van der Waals surface area contributed by atoms with Gasteiger partial charge in [0.2, 0.25) is 0 Å². The second-order valence-corrected chi connectivity index (χ2v) is 3.38. The van der Waals surface area contributed by atoms with Crippen LogP contribution in [0.4, 0.5) is 14.9 Å². The van der Waals surface area contributed by atoms with Crippen LogP contribution in [0.25, 0.3) is 0 Å². The van der Waals surface area contributed by atoms with Crippen molar-refractivity contribution in [3.63, 3.8) is 0 Å². The molecular weight excluding hydrogens is 239 g/mol. The quantitative estimate of drug-likeness (QED) is 0.592. The molecule has 1 aromatic rings. The molecule has 16 heavy (non-hydrogen) atoms. The normalized spacial score (nSPS) is 15.6. The van der Waals surface area contributed by atoms with Gasteiger partial charge in [-0.15, -0.1) is 0 Å². The van der Waals surface area contributed by atoms with Gasteiger partial charge >= 0.3 is 17.8 Å². The zero-order valence-electron chi connectivity index (χ0n) is 7.66. The van der Waals surface area contributed by atoms with Crippen LogP contribution in [-0.2, 0) is 9.59 Å². The molecule has 0 aliphatic carbocycles. The number of imide groups is 2.